The highest BCUT2D eigenvalue weighted by Gasteiger charge is 2.33. The molecule has 2 aromatic carbocycles. The lowest BCUT2D eigenvalue weighted by molar-refractivity contribution is -0.138. The van der Waals surface area contributed by atoms with Gasteiger partial charge < -0.3 is 20.5 Å². The number of benzene rings is 2. The van der Waals surface area contributed by atoms with Crippen molar-refractivity contribution in [1.29, 1.82) is 0 Å². The van der Waals surface area contributed by atoms with E-state index in [1.165, 1.54) is 14.2 Å². The van der Waals surface area contributed by atoms with E-state index < -0.39 is 17.6 Å². The van der Waals surface area contributed by atoms with Crippen LogP contribution in [0.4, 0.5) is 23.2 Å². The van der Waals surface area contributed by atoms with Crippen molar-refractivity contribution in [1.82, 2.24) is 0 Å². The Labute approximate surface area is 147 Å². The van der Waals surface area contributed by atoms with Crippen molar-refractivity contribution in [3.05, 3.63) is 53.3 Å². The first-order chi connectivity index (χ1) is 12.2. The number of halogens is 4. The lowest BCUT2D eigenvalue weighted by Gasteiger charge is -2.13. The quantitative estimate of drug-likeness (QED) is 0.477. The largest absolute Gasteiger partial charge is 0.497 e. The molecule has 0 atom stereocenters. The molecule has 0 saturated heterocycles. The summed E-state index contributed by atoms with van der Waals surface area (Å²) in [5.41, 5.74) is 4.90. The molecule has 0 aliphatic heterocycles. The van der Waals surface area contributed by atoms with Gasteiger partial charge in [-0.1, -0.05) is 6.07 Å². The van der Waals surface area contributed by atoms with E-state index in [-0.39, 0.29) is 18.1 Å². The summed E-state index contributed by atoms with van der Waals surface area (Å²) in [6, 6.07) is 7.30. The van der Waals surface area contributed by atoms with Crippen LogP contribution in [0.2, 0.25) is 0 Å². The Morgan fingerprint density at radius 3 is 2.46 bits per heavy atom. The van der Waals surface area contributed by atoms with Crippen LogP contribution in [0, 0.1) is 5.82 Å². The van der Waals surface area contributed by atoms with Crippen molar-refractivity contribution >= 4 is 11.6 Å². The maximum atomic E-state index is 13.1. The fourth-order valence-corrected chi connectivity index (χ4v) is 2.21. The number of nitrogens with one attached hydrogen (secondary N) is 1. The van der Waals surface area contributed by atoms with Crippen molar-refractivity contribution in [2.75, 3.05) is 19.5 Å². The molecule has 9 heteroatoms. The van der Waals surface area contributed by atoms with E-state index in [1.54, 1.807) is 18.2 Å². The first-order valence-electron chi connectivity index (χ1n) is 7.39. The van der Waals surface area contributed by atoms with Gasteiger partial charge in [-0.2, -0.15) is 13.2 Å². The highest BCUT2D eigenvalue weighted by molar-refractivity contribution is 5.94. The third-order valence-electron chi connectivity index (χ3n) is 3.47. The van der Waals surface area contributed by atoms with Crippen LogP contribution in [0.25, 0.3) is 0 Å². The summed E-state index contributed by atoms with van der Waals surface area (Å²) in [7, 11) is 2.94. The van der Waals surface area contributed by atoms with Gasteiger partial charge in [0.2, 0.25) is 0 Å². The summed E-state index contributed by atoms with van der Waals surface area (Å²) in [5.74, 6) is -0.132. The van der Waals surface area contributed by atoms with Gasteiger partial charge in [-0.3, -0.25) is 0 Å². The molecule has 26 heavy (non-hydrogen) atoms. The normalized spacial score (nSPS) is 12.0. The van der Waals surface area contributed by atoms with Crippen molar-refractivity contribution in [2.24, 2.45) is 10.7 Å². The summed E-state index contributed by atoms with van der Waals surface area (Å²) >= 11 is 0. The van der Waals surface area contributed by atoms with E-state index in [4.69, 9.17) is 15.2 Å². The Balaban J connectivity index is 2.22. The minimum Gasteiger partial charge on any atom is -0.497 e. The minimum absolute atomic E-state index is 0.131. The zero-order chi connectivity index (χ0) is 19.3. The Morgan fingerprint density at radius 2 is 1.85 bits per heavy atom. The molecular formula is C17H17F4N3O2. The lowest BCUT2D eigenvalue weighted by Crippen LogP contribution is -2.23. The van der Waals surface area contributed by atoms with E-state index in [0.29, 0.717) is 23.3 Å². The van der Waals surface area contributed by atoms with Crippen LogP contribution in [0.1, 0.15) is 11.1 Å². The van der Waals surface area contributed by atoms with E-state index in [0.717, 1.165) is 12.1 Å². The highest BCUT2D eigenvalue weighted by atomic mass is 19.4. The fraction of sp³-hybridized carbons (Fsp3) is 0.235. The first kappa shape index (κ1) is 19.4. The monoisotopic (exact) mass is 371 g/mol. The van der Waals surface area contributed by atoms with Gasteiger partial charge >= 0.3 is 6.18 Å². The maximum absolute atomic E-state index is 13.1. The molecule has 140 valence electrons. The zero-order valence-electron chi connectivity index (χ0n) is 14.0. The van der Waals surface area contributed by atoms with Crippen LogP contribution in [0.3, 0.4) is 0 Å². The second-order valence-electron chi connectivity index (χ2n) is 5.19. The third-order valence-corrected chi connectivity index (χ3v) is 3.47. The van der Waals surface area contributed by atoms with Gasteiger partial charge in [-0.05, 0) is 29.8 Å². The summed E-state index contributed by atoms with van der Waals surface area (Å²) in [6.45, 7) is -0.375. The smallest absolute Gasteiger partial charge is 0.416 e. The third kappa shape index (κ3) is 4.78. The summed E-state index contributed by atoms with van der Waals surface area (Å²) in [5, 5.41) is 2.74. The zero-order valence-corrected chi connectivity index (χ0v) is 14.0. The van der Waals surface area contributed by atoms with E-state index >= 15 is 0 Å². The molecule has 0 amide bonds. The number of nitrogens with zero attached hydrogens (tertiary/aromatic N) is 1. The van der Waals surface area contributed by atoms with E-state index in [2.05, 4.69) is 10.3 Å². The number of alkyl halides is 3. The molecular weight excluding hydrogens is 354 g/mol. The van der Waals surface area contributed by atoms with Gasteiger partial charge in [-0.25, -0.2) is 9.38 Å². The molecule has 0 spiro atoms. The first-order valence-corrected chi connectivity index (χ1v) is 7.39. The summed E-state index contributed by atoms with van der Waals surface area (Å²) in [6.07, 6.45) is -4.69. The van der Waals surface area contributed by atoms with Crippen LogP contribution in [0.15, 0.2) is 41.4 Å². The number of guanidine groups is 1. The predicted molar refractivity (Wildman–Crippen MR) is 89.9 cm³/mol. The second kappa shape index (κ2) is 7.94. The van der Waals surface area contributed by atoms with Crippen LogP contribution in [0.5, 0.6) is 11.5 Å². The van der Waals surface area contributed by atoms with Crippen LogP contribution < -0.4 is 20.5 Å². The Hall–Kier alpha value is -2.97. The highest BCUT2D eigenvalue weighted by Crippen LogP contribution is 2.33. The average molecular weight is 371 g/mol. The van der Waals surface area contributed by atoms with Gasteiger partial charge in [0, 0.05) is 6.07 Å². The van der Waals surface area contributed by atoms with Crippen molar-refractivity contribution in [2.45, 2.75) is 12.7 Å². The van der Waals surface area contributed by atoms with E-state index in [1.807, 2.05) is 0 Å². The lowest BCUT2D eigenvalue weighted by atomic mass is 10.1. The molecule has 0 radical (unpaired) electrons. The molecule has 0 aliphatic rings. The number of methoxy groups -OCH3 is 2. The molecule has 0 bridgehead atoms. The number of nitrogens with two attached hydrogens (primary N) is 1. The van der Waals surface area contributed by atoms with Gasteiger partial charge in [0.1, 0.15) is 17.3 Å². The number of rotatable bonds is 5. The molecule has 0 fully saturated rings. The van der Waals surface area contributed by atoms with Gasteiger partial charge in [-0.15, -0.1) is 0 Å². The van der Waals surface area contributed by atoms with Crippen LogP contribution >= 0.6 is 0 Å². The maximum Gasteiger partial charge on any atom is 0.416 e. The number of hydrogen-bond acceptors (Lipinski definition) is 3. The summed E-state index contributed by atoms with van der Waals surface area (Å²) in [4.78, 5) is 3.89. The van der Waals surface area contributed by atoms with Gasteiger partial charge in [0.05, 0.1) is 32.0 Å². The van der Waals surface area contributed by atoms with Crippen molar-refractivity contribution in [3.63, 3.8) is 0 Å². The number of aliphatic imine (C=N–C) groups is 1. The summed E-state index contributed by atoms with van der Waals surface area (Å²) < 4.78 is 62.3. The number of ether oxygens (including phenoxy) is 2. The van der Waals surface area contributed by atoms with Gasteiger partial charge in [0.15, 0.2) is 5.96 Å². The Morgan fingerprint density at radius 1 is 1.12 bits per heavy atom. The molecule has 0 unspecified atom stereocenters. The molecule has 0 heterocycles. The predicted octanol–water partition coefficient (Wildman–Crippen LogP) is 3.79. The molecule has 2 rings (SSSR count). The minimum atomic E-state index is -4.69. The standard InChI is InChI=1S/C17H17F4N3O2/c1-25-12-5-6-15(26-2)14(8-12)24-16(22)23-9-10-3-4-11(18)7-13(10)17(19,20)21/h3-8H,9H2,1-2H3,(H3,22,23,24). The van der Waals surface area contributed by atoms with Crippen molar-refractivity contribution < 1.29 is 27.0 Å². The molecule has 0 aliphatic carbocycles. The molecule has 3 N–H and O–H groups in total. The fourth-order valence-electron chi connectivity index (χ4n) is 2.21. The average Bonchev–Trinajstić information content (AvgIpc) is 2.59. The Bertz CT molecular complexity index is 807. The van der Waals surface area contributed by atoms with Crippen LogP contribution in [-0.2, 0) is 12.7 Å². The molecule has 0 saturated carbocycles. The topological polar surface area (TPSA) is 68.9 Å². The van der Waals surface area contributed by atoms with E-state index in [9.17, 15) is 17.6 Å². The van der Waals surface area contributed by atoms with Crippen molar-refractivity contribution in [3.8, 4) is 11.5 Å². The van der Waals surface area contributed by atoms with Gasteiger partial charge in [0.25, 0.3) is 0 Å². The molecule has 2 aromatic rings. The molecule has 0 aromatic heterocycles. The van der Waals surface area contributed by atoms with Crippen LogP contribution in [-0.4, -0.2) is 20.2 Å². The second-order valence-corrected chi connectivity index (χ2v) is 5.19. The molecule has 5 nitrogen and oxygen atoms in total. The number of hydrogen-bond donors (Lipinski definition) is 2. The Kier molecular flexibility index (Phi) is 5.91. The number of anilines is 1. The SMILES string of the molecule is COc1ccc(OC)c(NC(N)=NCc2ccc(F)cc2C(F)(F)F)c1.